The van der Waals surface area contributed by atoms with E-state index in [4.69, 9.17) is 21.7 Å². The number of carbonyl (C=O) groups is 7. The van der Waals surface area contributed by atoms with Gasteiger partial charge in [-0.05, 0) is 19.3 Å². The number of nitrogens with one attached hydrogen (secondary N) is 3. The van der Waals surface area contributed by atoms with Crippen molar-refractivity contribution in [2.75, 3.05) is 5.75 Å². The lowest BCUT2D eigenvalue weighted by Crippen LogP contribution is -2.57. The van der Waals surface area contributed by atoms with Crippen molar-refractivity contribution in [3.8, 4) is 0 Å². The van der Waals surface area contributed by atoms with Crippen LogP contribution in [0.15, 0.2) is 0 Å². The van der Waals surface area contributed by atoms with Crippen LogP contribution in [-0.4, -0.2) is 86.8 Å². The summed E-state index contributed by atoms with van der Waals surface area (Å²) < 4.78 is 0. The van der Waals surface area contributed by atoms with Crippen LogP contribution in [0.25, 0.3) is 0 Å². The monoisotopic (exact) mass is 507 g/mol. The molecule has 15 nitrogen and oxygen atoms in total. The van der Waals surface area contributed by atoms with E-state index in [1.54, 1.807) is 0 Å². The summed E-state index contributed by atoms with van der Waals surface area (Å²) in [6.45, 7) is 0. The van der Waals surface area contributed by atoms with Crippen LogP contribution in [0.3, 0.4) is 0 Å². The Hall–Kier alpha value is -3.40. The van der Waals surface area contributed by atoms with Crippen LogP contribution in [0.5, 0.6) is 0 Å². The molecule has 0 rings (SSSR count). The van der Waals surface area contributed by atoms with Gasteiger partial charge >= 0.3 is 17.9 Å². The largest absolute Gasteiger partial charge is 0.481 e. The Morgan fingerprint density at radius 3 is 1.44 bits per heavy atom. The van der Waals surface area contributed by atoms with E-state index in [9.17, 15) is 38.7 Å². The van der Waals surface area contributed by atoms with E-state index in [0.29, 0.717) is 0 Å². The highest BCUT2D eigenvalue weighted by molar-refractivity contribution is 7.80. The molecule has 0 aromatic rings. The van der Waals surface area contributed by atoms with Gasteiger partial charge in [-0.1, -0.05) is 0 Å². The van der Waals surface area contributed by atoms with Crippen molar-refractivity contribution < 1.29 is 48.9 Å². The number of carbonyl (C=O) groups excluding carboxylic acids is 4. The molecular weight excluding hydrogens is 478 g/mol. The molecule has 0 saturated carbocycles. The highest BCUT2D eigenvalue weighted by Crippen LogP contribution is 2.06. The highest BCUT2D eigenvalue weighted by atomic mass is 32.1. The number of thiol groups is 1. The Labute approximate surface area is 199 Å². The van der Waals surface area contributed by atoms with Gasteiger partial charge < -0.3 is 42.7 Å². The van der Waals surface area contributed by atoms with Crippen LogP contribution in [0.2, 0.25) is 0 Å². The van der Waals surface area contributed by atoms with E-state index in [0.717, 1.165) is 0 Å². The van der Waals surface area contributed by atoms with Crippen molar-refractivity contribution in [3.63, 3.8) is 0 Å². The summed E-state index contributed by atoms with van der Waals surface area (Å²) in [6, 6.07) is -5.65. The van der Waals surface area contributed by atoms with Crippen LogP contribution in [-0.2, 0) is 33.6 Å². The summed E-state index contributed by atoms with van der Waals surface area (Å²) in [7, 11) is 0. The first-order valence-electron chi connectivity index (χ1n) is 10.0. The second-order valence-corrected chi connectivity index (χ2v) is 7.55. The Morgan fingerprint density at radius 2 is 1.06 bits per heavy atom. The zero-order chi connectivity index (χ0) is 26.4. The molecule has 0 fully saturated rings. The maximum atomic E-state index is 12.7. The average molecular weight is 508 g/mol. The summed E-state index contributed by atoms with van der Waals surface area (Å²) in [6.07, 6.45) is -2.67. The van der Waals surface area contributed by atoms with Crippen LogP contribution in [0.1, 0.15) is 38.5 Å². The first kappa shape index (κ1) is 30.6. The normalized spacial score (nSPS) is 14.1. The molecule has 0 heterocycles. The Morgan fingerprint density at radius 1 is 0.676 bits per heavy atom. The fourth-order valence-corrected chi connectivity index (χ4v) is 2.69. The van der Waals surface area contributed by atoms with E-state index in [2.05, 4.69) is 28.6 Å². The van der Waals surface area contributed by atoms with Gasteiger partial charge in [0.25, 0.3) is 0 Å². The lowest BCUT2D eigenvalue weighted by atomic mass is 10.1. The van der Waals surface area contributed by atoms with E-state index in [1.807, 2.05) is 0 Å². The van der Waals surface area contributed by atoms with Gasteiger partial charge in [0.15, 0.2) is 0 Å². The van der Waals surface area contributed by atoms with Gasteiger partial charge in [-0.3, -0.25) is 28.8 Å². The summed E-state index contributed by atoms with van der Waals surface area (Å²) >= 11 is 3.87. The molecule has 16 heteroatoms. The summed E-state index contributed by atoms with van der Waals surface area (Å²) in [5.41, 5.74) is 10.6. The molecule has 0 aromatic carbocycles. The first-order chi connectivity index (χ1) is 15.8. The minimum Gasteiger partial charge on any atom is -0.481 e. The van der Waals surface area contributed by atoms with Crippen LogP contribution in [0, 0.1) is 0 Å². The van der Waals surface area contributed by atoms with E-state index in [-0.39, 0.29) is 18.6 Å². The average Bonchev–Trinajstić information content (AvgIpc) is 2.74. The molecule has 0 aliphatic heterocycles. The van der Waals surface area contributed by atoms with Crippen LogP contribution >= 0.6 is 12.6 Å². The molecule has 4 atom stereocenters. The van der Waals surface area contributed by atoms with Crippen molar-refractivity contribution >= 4 is 54.2 Å². The van der Waals surface area contributed by atoms with Gasteiger partial charge in [0.2, 0.25) is 23.6 Å². The third-order valence-electron chi connectivity index (χ3n) is 4.39. The molecule has 0 radical (unpaired) electrons. The van der Waals surface area contributed by atoms with Crippen molar-refractivity contribution in [1.29, 1.82) is 0 Å². The number of hydrogen-bond donors (Lipinski definition) is 9. The lowest BCUT2D eigenvalue weighted by molar-refractivity contribution is -0.144. The number of rotatable bonds is 17. The zero-order valence-electron chi connectivity index (χ0n) is 18.1. The van der Waals surface area contributed by atoms with E-state index in [1.165, 1.54) is 0 Å². The van der Waals surface area contributed by atoms with Crippen molar-refractivity contribution in [1.82, 2.24) is 16.0 Å². The number of primary amides is 1. The van der Waals surface area contributed by atoms with Crippen molar-refractivity contribution in [2.24, 2.45) is 11.5 Å². The second kappa shape index (κ2) is 15.4. The molecular formula is C18H29N5O10S. The summed E-state index contributed by atoms with van der Waals surface area (Å²) in [4.78, 5) is 81.5. The highest BCUT2D eigenvalue weighted by Gasteiger charge is 2.30. The predicted octanol–water partition coefficient (Wildman–Crippen LogP) is -3.22. The smallest absolute Gasteiger partial charge is 0.326 e. The fraction of sp³-hybridized carbons (Fsp3) is 0.611. The van der Waals surface area contributed by atoms with Gasteiger partial charge in [0.1, 0.15) is 18.1 Å². The van der Waals surface area contributed by atoms with Crippen LogP contribution < -0.4 is 27.4 Å². The number of amides is 4. The molecule has 10 N–H and O–H groups in total. The predicted molar refractivity (Wildman–Crippen MR) is 117 cm³/mol. The Bertz CT molecular complexity index is 793. The number of hydrogen-bond acceptors (Lipinski definition) is 9. The number of carboxylic acid groups (broad SMARTS) is 3. The molecule has 192 valence electrons. The van der Waals surface area contributed by atoms with Crippen molar-refractivity contribution in [2.45, 2.75) is 62.7 Å². The summed E-state index contributed by atoms with van der Waals surface area (Å²) in [5, 5.41) is 33.4. The minimum atomic E-state index is -1.62. The topological polar surface area (TPSA) is 268 Å². The van der Waals surface area contributed by atoms with Gasteiger partial charge in [-0.25, -0.2) is 4.79 Å². The molecule has 0 aliphatic rings. The first-order valence-corrected chi connectivity index (χ1v) is 10.6. The maximum Gasteiger partial charge on any atom is 0.326 e. The Kier molecular flexibility index (Phi) is 13.9. The molecule has 0 aliphatic carbocycles. The Balaban J connectivity index is 5.59. The van der Waals surface area contributed by atoms with Gasteiger partial charge in [0.05, 0.1) is 6.04 Å². The van der Waals surface area contributed by atoms with Crippen LogP contribution in [0.4, 0.5) is 0 Å². The second-order valence-electron chi connectivity index (χ2n) is 7.18. The summed E-state index contributed by atoms with van der Waals surface area (Å²) in [5.74, 6) is -7.85. The molecule has 0 spiro atoms. The number of nitrogens with two attached hydrogens (primary N) is 2. The number of aliphatic carboxylic acids is 3. The van der Waals surface area contributed by atoms with E-state index >= 15 is 0 Å². The third-order valence-corrected chi connectivity index (χ3v) is 4.78. The fourth-order valence-electron chi connectivity index (χ4n) is 2.52. The standard InChI is InChI=1S/C18H29N5O10S/c19-8(7-34)15(29)21-9(1-4-12(20)24)16(30)22-10(2-5-13(25)26)17(31)23-11(18(32)33)3-6-14(27)28/h8-11,34H,1-7,19H2,(H2,20,24)(H,21,29)(H,22,30)(H,23,31)(H,25,26)(H,27,28)(H,32,33). The molecule has 4 unspecified atom stereocenters. The molecule has 0 bridgehead atoms. The molecule has 0 aromatic heterocycles. The molecule has 0 saturated heterocycles. The number of carboxylic acids is 3. The van der Waals surface area contributed by atoms with E-state index < -0.39 is 91.4 Å². The van der Waals surface area contributed by atoms with Crippen molar-refractivity contribution in [3.05, 3.63) is 0 Å². The van der Waals surface area contributed by atoms with Gasteiger partial charge in [-0.2, -0.15) is 12.6 Å². The molecule has 4 amide bonds. The third kappa shape index (κ3) is 12.6. The maximum absolute atomic E-state index is 12.7. The SMILES string of the molecule is NC(=O)CCC(NC(=O)C(N)CS)C(=O)NC(CCC(=O)O)C(=O)NC(CCC(=O)O)C(=O)O. The quantitative estimate of drug-likeness (QED) is 0.0883. The van der Waals surface area contributed by atoms with Gasteiger partial charge in [-0.15, -0.1) is 0 Å². The minimum absolute atomic E-state index is 0.0629. The lowest BCUT2D eigenvalue weighted by Gasteiger charge is -2.24. The zero-order valence-corrected chi connectivity index (χ0v) is 19.0. The molecule has 34 heavy (non-hydrogen) atoms. The van der Waals surface area contributed by atoms with Gasteiger partial charge in [0, 0.05) is 25.0 Å².